The van der Waals surface area contributed by atoms with Crippen LogP contribution in [0.1, 0.15) is 15.9 Å². The smallest absolute Gasteiger partial charge is 0.251 e. The van der Waals surface area contributed by atoms with Crippen LogP contribution in [0.5, 0.6) is 0 Å². The number of carbonyl (C=O) groups is 1. The van der Waals surface area contributed by atoms with Crippen LogP contribution in [-0.4, -0.2) is 25.8 Å². The third kappa shape index (κ3) is 3.01. The Morgan fingerprint density at radius 3 is 2.03 bits per heavy atom. The summed E-state index contributed by atoms with van der Waals surface area (Å²) in [5.74, 6) is -0.152. The zero-order valence-corrected chi connectivity index (χ0v) is 17.0. The summed E-state index contributed by atoms with van der Waals surface area (Å²) >= 11 is 0. The van der Waals surface area contributed by atoms with Crippen LogP contribution < -0.4 is 5.32 Å². The zero-order valence-electron chi connectivity index (χ0n) is 17.0. The first-order valence-electron chi connectivity index (χ1n) is 10.3. The van der Waals surface area contributed by atoms with Gasteiger partial charge < -0.3 is 5.32 Å². The summed E-state index contributed by atoms with van der Waals surface area (Å²) in [5, 5.41) is 4.94. The second kappa shape index (κ2) is 7.35. The van der Waals surface area contributed by atoms with Crippen molar-refractivity contribution in [3.05, 3.63) is 96.3 Å². The van der Waals surface area contributed by atoms with Gasteiger partial charge in [-0.25, -0.2) is 9.97 Å². The number of amides is 1. The molecule has 0 bridgehead atoms. The molecule has 0 aliphatic carbocycles. The van der Waals surface area contributed by atoms with Crippen LogP contribution in [0.25, 0.3) is 43.9 Å². The SMILES string of the molecule is O=C(NCc1ccccc1)c1ccc2nc3c4ncccc4c4cccnc4c3nc2c1. The van der Waals surface area contributed by atoms with Crippen molar-refractivity contribution in [3.8, 4) is 0 Å². The van der Waals surface area contributed by atoms with Crippen LogP contribution in [-0.2, 0) is 6.54 Å². The Balaban J connectivity index is 1.48. The topological polar surface area (TPSA) is 80.7 Å². The molecule has 3 aromatic heterocycles. The number of pyridine rings is 2. The number of nitrogens with one attached hydrogen (secondary N) is 1. The van der Waals surface area contributed by atoms with Gasteiger partial charge in [0, 0.05) is 35.3 Å². The minimum Gasteiger partial charge on any atom is -0.348 e. The van der Waals surface area contributed by atoms with E-state index in [9.17, 15) is 4.79 Å². The van der Waals surface area contributed by atoms with Gasteiger partial charge in [-0.3, -0.25) is 14.8 Å². The number of carbonyl (C=O) groups excluding carboxylic acids is 1. The molecule has 0 unspecified atom stereocenters. The van der Waals surface area contributed by atoms with E-state index in [1.54, 1.807) is 24.5 Å². The minimum atomic E-state index is -0.152. The van der Waals surface area contributed by atoms with Gasteiger partial charge in [-0.05, 0) is 35.9 Å². The highest BCUT2D eigenvalue weighted by Gasteiger charge is 2.15. The Labute approximate surface area is 183 Å². The van der Waals surface area contributed by atoms with E-state index in [-0.39, 0.29) is 5.91 Å². The molecule has 1 amide bonds. The van der Waals surface area contributed by atoms with E-state index in [2.05, 4.69) is 15.3 Å². The summed E-state index contributed by atoms with van der Waals surface area (Å²) in [6, 6.07) is 23.1. The number of aromatic nitrogens is 4. The first kappa shape index (κ1) is 18.3. The maximum atomic E-state index is 12.7. The van der Waals surface area contributed by atoms with Crippen LogP contribution in [0.15, 0.2) is 85.2 Å². The maximum absolute atomic E-state index is 12.7. The molecule has 6 rings (SSSR count). The second-order valence-corrected chi connectivity index (χ2v) is 7.59. The summed E-state index contributed by atoms with van der Waals surface area (Å²) in [5.41, 5.74) is 5.90. The van der Waals surface area contributed by atoms with Crippen LogP contribution in [0.4, 0.5) is 0 Å². The zero-order chi connectivity index (χ0) is 21.5. The fourth-order valence-corrected chi connectivity index (χ4v) is 4.03. The Kier molecular flexibility index (Phi) is 4.21. The summed E-state index contributed by atoms with van der Waals surface area (Å²) in [4.78, 5) is 31.6. The molecule has 0 aliphatic heterocycles. The van der Waals surface area contributed by atoms with E-state index >= 15 is 0 Å². The van der Waals surface area contributed by atoms with Gasteiger partial charge in [-0.2, -0.15) is 0 Å². The van der Waals surface area contributed by atoms with Gasteiger partial charge in [0.1, 0.15) is 11.0 Å². The molecule has 6 aromatic rings. The molecule has 32 heavy (non-hydrogen) atoms. The molecule has 0 radical (unpaired) electrons. The fourth-order valence-electron chi connectivity index (χ4n) is 4.03. The predicted octanol–water partition coefficient (Wildman–Crippen LogP) is 4.81. The molecule has 3 aromatic carbocycles. The molecule has 152 valence electrons. The van der Waals surface area contributed by atoms with Crippen LogP contribution in [0, 0.1) is 0 Å². The van der Waals surface area contributed by atoms with Gasteiger partial charge in [-0.1, -0.05) is 42.5 Å². The number of rotatable bonds is 3. The summed E-state index contributed by atoms with van der Waals surface area (Å²) in [6.07, 6.45) is 3.51. The van der Waals surface area contributed by atoms with Crippen LogP contribution in [0.2, 0.25) is 0 Å². The van der Waals surface area contributed by atoms with E-state index in [1.165, 1.54) is 0 Å². The molecule has 0 saturated carbocycles. The molecule has 0 aliphatic rings. The lowest BCUT2D eigenvalue weighted by Gasteiger charge is -2.09. The fraction of sp³-hybridized carbons (Fsp3) is 0.0385. The number of hydrogen-bond donors (Lipinski definition) is 1. The quantitative estimate of drug-likeness (QED) is 0.331. The summed E-state index contributed by atoms with van der Waals surface area (Å²) in [7, 11) is 0. The molecule has 3 heterocycles. The van der Waals surface area contributed by atoms with Gasteiger partial charge >= 0.3 is 0 Å². The van der Waals surface area contributed by atoms with Crippen molar-refractivity contribution < 1.29 is 4.79 Å². The van der Waals surface area contributed by atoms with E-state index in [1.807, 2.05) is 60.7 Å². The molecule has 6 heteroatoms. The van der Waals surface area contributed by atoms with Crippen molar-refractivity contribution >= 4 is 49.8 Å². The van der Waals surface area contributed by atoms with E-state index in [0.717, 1.165) is 27.4 Å². The van der Waals surface area contributed by atoms with Crippen molar-refractivity contribution in [1.29, 1.82) is 0 Å². The lowest BCUT2D eigenvalue weighted by molar-refractivity contribution is 0.0951. The first-order valence-corrected chi connectivity index (χ1v) is 10.3. The monoisotopic (exact) mass is 415 g/mol. The Bertz CT molecular complexity index is 1650. The van der Waals surface area contributed by atoms with E-state index < -0.39 is 0 Å². The highest BCUT2D eigenvalue weighted by atomic mass is 16.1. The average Bonchev–Trinajstić information content (AvgIpc) is 2.87. The van der Waals surface area contributed by atoms with E-state index in [4.69, 9.17) is 9.97 Å². The van der Waals surface area contributed by atoms with Crippen molar-refractivity contribution in [3.63, 3.8) is 0 Å². The second-order valence-electron chi connectivity index (χ2n) is 7.59. The van der Waals surface area contributed by atoms with Crippen molar-refractivity contribution in [2.45, 2.75) is 6.54 Å². The third-order valence-corrected chi connectivity index (χ3v) is 5.58. The third-order valence-electron chi connectivity index (χ3n) is 5.58. The van der Waals surface area contributed by atoms with Crippen molar-refractivity contribution in [2.75, 3.05) is 0 Å². The van der Waals surface area contributed by atoms with Gasteiger partial charge in [0.25, 0.3) is 5.91 Å². The summed E-state index contributed by atoms with van der Waals surface area (Å²) in [6.45, 7) is 0.466. The van der Waals surface area contributed by atoms with Crippen molar-refractivity contribution in [1.82, 2.24) is 25.3 Å². The molecule has 0 saturated heterocycles. The number of hydrogen-bond acceptors (Lipinski definition) is 5. The largest absolute Gasteiger partial charge is 0.348 e. The number of benzene rings is 3. The minimum absolute atomic E-state index is 0.152. The highest BCUT2D eigenvalue weighted by molar-refractivity contribution is 6.21. The lowest BCUT2D eigenvalue weighted by Crippen LogP contribution is -2.22. The molecule has 0 atom stereocenters. The molecule has 0 fully saturated rings. The standard InChI is InChI=1S/C26H17N5O/c32-26(29-15-16-6-2-1-3-7-16)17-10-11-20-21(14-17)31-25-23-19(9-5-13-28-23)18-8-4-12-27-22(18)24(25)30-20/h1-14H,15H2,(H,29,32). The maximum Gasteiger partial charge on any atom is 0.251 e. The van der Waals surface area contributed by atoms with Crippen LogP contribution in [0.3, 0.4) is 0 Å². The normalized spacial score (nSPS) is 11.4. The number of nitrogens with zero attached hydrogens (tertiary/aromatic N) is 4. The van der Waals surface area contributed by atoms with E-state index in [0.29, 0.717) is 34.2 Å². The molecule has 6 nitrogen and oxygen atoms in total. The summed E-state index contributed by atoms with van der Waals surface area (Å²) < 4.78 is 0. The molecule has 1 N–H and O–H groups in total. The molecular formula is C26H17N5O. The molecular weight excluding hydrogens is 398 g/mol. The van der Waals surface area contributed by atoms with Gasteiger partial charge in [0.2, 0.25) is 0 Å². The predicted molar refractivity (Wildman–Crippen MR) is 125 cm³/mol. The lowest BCUT2D eigenvalue weighted by atomic mass is 10.1. The van der Waals surface area contributed by atoms with Gasteiger partial charge in [-0.15, -0.1) is 0 Å². The Morgan fingerprint density at radius 2 is 1.34 bits per heavy atom. The van der Waals surface area contributed by atoms with Crippen LogP contribution >= 0.6 is 0 Å². The highest BCUT2D eigenvalue weighted by Crippen LogP contribution is 2.31. The van der Waals surface area contributed by atoms with Crippen molar-refractivity contribution in [2.24, 2.45) is 0 Å². The first-order chi connectivity index (χ1) is 15.8. The van der Waals surface area contributed by atoms with Gasteiger partial charge in [0.05, 0.1) is 22.1 Å². The molecule has 0 spiro atoms. The Morgan fingerprint density at radius 1 is 0.688 bits per heavy atom. The Hall–Kier alpha value is -4.45. The average molecular weight is 415 g/mol. The number of fused-ring (bicyclic) bond motifs is 7. The van der Waals surface area contributed by atoms with Gasteiger partial charge in [0.15, 0.2) is 0 Å².